The van der Waals surface area contributed by atoms with Crippen molar-refractivity contribution in [2.24, 2.45) is 5.92 Å². The van der Waals surface area contributed by atoms with Crippen LogP contribution in [0.2, 0.25) is 0 Å². The van der Waals surface area contributed by atoms with Crippen molar-refractivity contribution < 1.29 is 14.0 Å². The third-order valence-corrected chi connectivity index (χ3v) is 4.29. The number of rotatable bonds is 3. The number of halogens is 2. The summed E-state index contributed by atoms with van der Waals surface area (Å²) in [6.07, 6.45) is 0.472. The first kappa shape index (κ1) is 15.9. The lowest BCUT2D eigenvalue weighted by Gasteiger charge is -2.40. The summed E-state index contributed by atoms with van der Waals surface area (Å²) in [6.45, 7) is 5.57. The molecule has 2 unspecified atom stereocenters. The fraction of sp³-hybridized carbons (Fsp3) is 0.467. The minimum absolute atomic E-state index is 0.0259. The number of nitrogens with one attached hydrogen (secondary N) is 1. The van der Waals surface area contributed by atoms with Crippen LogP contribution in [0.15, 0.2) is 22.7 Å². The van der Waals surface area contributed by atoms with Gasteiger partial charge in [-0.2, -0.15) is 0 Å². The first-order valence-corrected chi connectivity index (χ1v) is 7.74. The number of piperazine rings is 1. The van der Waals surface area contributed by atoms with Crippen LogP contribution in [0, 0.1) is 11.7 Å². The highest BCUT2D eigenvalue weighted by molar-refractivity contribution is 9.10. The topological polar surface area (TPSA) is 49.4 Å². The lowest BCUT2D eigenvalue weighted by molar-refractivity contribution is -0.134. The molecule has 1 fully saturated rings. The number of nitrogens with zero attached hydrogens (tertiary/aromatic N) is 1. The fourth-order valence-corrected chi connectivity index (χ4v) is 2.74. The monoisotopic (exact) mass is 356 g/mol. The van der Waals surface area contributed by atoms with Crippen LogP contribution in [0.4, 0.5) is 10.1 Å². The largest absolute Gasteiger partial charge is 0.342 e. The first-order chi connectivity index (χ1) is 9.86. The number of hydrogen-bond acceptors (Lipinski definition) is 2. The van der Waals surface area contributed by atoms with Crippen molar-refractivity contribution in [1.29, 1.82) is 0 Å². The molecule has 2 rings (SSSR count). The standard InChI is InChI=1S/C15H18BrFN2O2/c1-4-12-14(20)18-13(8(2)3)15(21)19(12)9-5-6-10(16)11(17)7-9/h5-8,12-13H,4H2,1-3H3,(H,18,20). The molecule has 0 spiro atoms. The zero-order valence-electron chi connectivity index (χ0n) is 12.2. The number of benzene rings is 1. The summed E-state index contributed by atoms with van der Waals surface area (Å²) in [4.78, 5) is 26.3. The number of anilines is 1. The van der Waals surface area contributed by atoms with Crippen molar-refractivity contribution in [1.82, 2.24) is 5.32 Å². The molecule has 2 atom stereocenters. The van der Waals surface area contributed by atoms with Gasteiger partial charge < -0.3 is 5.32 Å². The Morgan fingerprint density at radius 1 is 1.38 bits per heavy atom. The lowest BCUT2D eigenvalue weighted by atomic mass is 9.96. The van der Waals surface area contributed by atoms with Gasteiger partial charge in [-0.05, 0) is 46.5 Å². The molecule has 21 heavy (non-hydrogen) atoms. The van der Waals surface area contributed by atoms with Gasteiger partial charge in [0.15, 0.2) is 0 Å². The number of carbonyl (C=O) groups is 2. The molecule has 0 saturated carbocycles. The van der Waals surface area contributed by atoms with Gasteiger partial charge in [-0.3, -0.25) is 14.5 Å². The third-order valence-electron chi connectivity index (χ3n) is 3.65. The number of carbonyl (C=O) groups excluding carboxylic acids is 2. The van der Waals surface area contributed by atoms with Gasteiger partial charge in [0.05, 0.1) is 4.47 Å². The number of hydrogen-bond donors (Lipinski definition) is 1. The van der Waals surface area contributed by atoms with E-state index in [2.05, 4.69) is 21.2 Å². The summed E-state index contributed by atoms with van der Waals surface area (Å²) < 4.78 is 14.1. The van der Waals surface area contributed by atoms with E-state index in [1.807, 2.05) is 20.8 Å². The smallest absolute Gasteiger partial charge is 0.250 e. The summed E-state index contributed by atoms with van der Waals surface area (Å²) in [7, 11) is 0. The molecule has 1 aliphatic rings. The van der Waals surface area contributed by atoms with Gasteiger partial charge in [0.2, 0.25) is 5.91 Å². The minimum Gasteiger partial charge on any atom is -0.342 e. The molecule has 0 aromatic heterocycles. The maximum atomic E-state index is 13.8. The molecule has 114 valence electrons. The summed E-state index contributed by atoms with van der Waals surface area (Å²) in [6, 6.07) is 3.28. The van der Waals surface area contributed by atoms with E-state index >= 15 is 0 Å². The first-order valence-electron chi connectivity index (χ1n) is 6.95. The summed E-state index contributed by atoms with van der Waals surface area (Å²) in [5.74, 6) is -0.874. The SMILES string of the molecule is CCC1C(=O)NC(C(C)C)C(=O)N1c1ccc(Br)c(F)c1. The van der Waals surface area contributed by atoms with Gasteiger partial charge in [0, 0.05) is 5.69 Å². The molecular formula is C15H18BrFN2O2. The highest BCUT2D eigenvalue weighted by atomic mass is 79.9. The molecule has 0 radical (unpaired) electrons. The molecule has 1 N–H and O–H groups in total. The van der Waals surface area contributed by atoms with E-state index in [1.54, 1.807) is 12.1 Å². The summed E-state index contributed by atoms with van der Waals surface area (Å²) in [5, 5.41) is 2.76. The zero-order chi connectivity index (χ0) is 15.7. The highest BCUT2D eigenvalue weighted by Crippen LogP contribution is 2.28. The van der Waals surface area contributed by atoms with Crippen LogP contribution < -0.4 is 10.2 Å². The molecule has 6 heteroatoms. The van der Waals surface area contributed by atoms with Crippen LogP contribution in [0.5, 0.6) is 0 Å². The Kier molecular flexibility index (Phi) is 4.66. The minimum atomic E-state index is -0.604. The highest BCUT2D eigenvalue weighted by Gasteiger charge is 2.41. The summed E-state index contributed by atoms with van der Waals surface area (Å²) in [5.41, 5.74) is 0.410. The lowest BCUT2D eigenvalue weighted by Crippen LogP contribution is -2.64. The second-order valence-electron chi connectivity index (χ2n) is 5.46. The molecule has 1 aromatic rings. The average molecular weight is 357 g/mol. The molecule has 1 saturated heterocycles. The molecule has 0 bridgehead atoms. The van der Waals surface area contributed by atoms with Gasteiger partial charge in [0.1, 0.15) is 17.9 Å². The van der Waals surface area contributed by atoms with Crippen LogP contribution in [-0.4, -0.2) is 23.9 Å². The van der Waals surface area contributed by atoms with Crippen molar-refractivity contribution in [2.45, 2.75) is 39.3 Å². The predicted molar refractivity (Wildman–Crippen MR) is 82.4 cm³/mol. The molecule has 0 aliphatic carbocycles. The molecule has 4 nitrogen and oxygen atoms in total. The van der Waals surface area contributed by atoms with Crippen LogP contribution in [0.25, 0.3) is 0 Å². The maximum Gasteiger partial charge on any atom is 0.250 e. The van der Waals surface area contributed by atoms with Crippen molar-refractivity contribution in [3.05, 3.63) is 28.5 Å². The molecule has 1 heterocycles. The molecule has 1 aromatic carbocycles. The van der Waals surface area contributed by atoms with E-state index in [4.69, 9.17) is 0 Å². The van der Waals surface area contributed by atoms with Crippen LogP contribution in [0.3, 0.4) is 0 Å². The molecule has 1 aliphatic heterocycles. The van der Waals surface area contributed by atoms with Crippen LogP contribution in [-0.2, 0) is 9.59 Å². The second-order valence-corrected chi connectivity index (χ2v) is 6.32. The third kappa shape index (κ3) is 2.95. The normalized spacial score (nSPS) is 22.7. The van der Waals surface area contributed by atoms with Crippen LogP contribution >= 0.6 is 15.9 Å². The average Bonchev–Trinajstić information content (AvgIpc) is 2.43. The Morgan fingerprint density at radius 3 is 2.57 bits per heavy atom. The van der Waals surface area contributed by atoms with E-state index in [-0.39, 0.29) is 17.7 Å². The Morgan fingerprint density at radius 2 is 2.05 bits per heavy atom. The van der Waals surface area contributed by atoms with Gasteiger partial charge in [-0.1, -0.05) is 20.8 Å². The van der Waals surface area contributed by atoms with Gasteiger partial charge in [-0.25, -0.2) is 4.39 Å². The Labute approximate surface area is 131 Å². The van der Waals surface area contributed by atoms with E-state index in [0.717, 1.165) is 0 Å². The van der Waals surface area contributed by atoms with Crippen molar-refractivity contribution >= 4 is 33.4 Å². The molecule has 2 amide bonds. The van der Waals surface area contributed by atoms with Gasteiger partial charge in [0.25, 0.3) is 5.91 Å². The Hall–Kier alpha value is -1.43. The van der Waals surface area contributed by atoms with Crippen LogP contribution in [0.1, 0.15) is 27.2 Å². The van der Waals surface area contributed by atoms with Crippen molar-refractivity contribution in [3.8, 4) is 0 Å². The fourth-order valence-electron chi connectivity index (χ4n) is 2.49. The number of amides is 2. The second kappa shape index (κ2) is 6.13. The van der Waals surface area contributed by atoms with Crippen molar-refractivity contribution in [3.63, 3.8) is 0 Å². The molecular weight excluding hydrogens is 339 g/mol. The van der Waals surface area contributed by atoms with E-state index in [9.17, 15) is 14.0 Å². The van der Waals surface area contributed by atoms with E-state index in [0.29, 0.717) is 16.6 Å². The Bertz CT molecular complexity index is 577. The summed E-state index contributed by atoms with van der Waals surface area (Å²) >= 11 is 3.09. The zero-order valence-corrected chi connectivity index (χ0v) is 13.8. The maximum absolute atomic E-state index is 13.8. The van der Waals surface area contributed by atoms with Gasteiger partial charge in [-0.15, -0.1) is 0 Å². The van der Waals surface area contributed by atoms with E-state index in [1.165, 1.54) is 11.0 Å². The Balaban J connectivity index is 2.46. The van der Waals surface area contributed by atoms with Gasteiger partial charge >= 0.3 is 0 Å². The quantitative estimate of drug-likeness (QED) is 0.905. The van der Waals surface area contributed by atoms with E-state index < -0.39 is 17.9 Å². The van der Waals surface area contributed by atoms with Crippen molar-refractivity contribution in [2.75, 3.05) is 4.90 Å². The predicted octanol–water partition coefficient (Wildman–Crippen LogP) is 2.85.